The molecule has 1 aromatic heterocycles. The van der Waals surface area contributed by atoms with Gasteiger partial charge < -0.3 is 26.1 Å². The molecule has 2 heterocycles. The minimum atomic E-state index is -0.753. The number of carbonyl (C=O) groups is 2. The number of nitrogens with one attached hydrogen (secondary N) is 1. The quantitative estimate of drug-likeness (QED) is 0.277. The van der Waals surface area contributed by atoms with Crippen molar-refractivity contribution in [1.29, 1.82) is 0 Å². The fraction of sp³-hybridized carbons (Fsp3) is 0.552. The maximum atomic E-state index is 14.0. The van der Waals surface area contributed by atoms with Gasteiger partial charge >= 0.3 is 0 Å². The lowest BCUT2D eigenvalue weighted by atomic mass is 9.83. The zero-order chi connectivity index (χ0) is 27.5. The summed E-state index contributed by atoms with van der Waals surface area (Å²) >= 11 is 1.60. The lowest BCUT2D eigenvalue weighted by Gasteiger charge is -2.38. The Balaban J connectivity index is 1.27. The molecule has 2 amide bonds. The molecule has 2 saturated carbocycles. The van der Waals surface area contributed by atoms with E-state index in [1.54, 1.807) is 17.5 Å². The van der Waals surface area contributed by atoms with Crippen LogP contribution in [0.4, 0.5) is 0 Å². The number of rotatable bonds is 9. The topological polar surface area (TPSA) is 138 Å². The highest BCUT2D eigenvalue weighted by molar-refractivity contribution is 7.13. The van der Waals surface area contributed by atoms with Crippen molar-refractivity contribution in [3.05, 3.63) is 52.9 Å². The number of carbonyl (C=O) groups excluding carboxylic acids is 2. The summed E-state index contributed by atoms with van der Waals surface area (Å²) in [5.74, 6) is 6.45. The number of allylic oxidation sites excluding steroid dienone is 1. The Kier molecular flexibility index (Phi) is 8.54. The second kappa shape index (κ2) is 12.1. The highest BCUT2D eigenvalue weighted by Gasteiger charge is 2.44. The van der Waals surface area contributed by atoms with E-state index in [1.807, 2.05) is 36.7 Å². The Morgan fingerprint density at radius 1 is 1.21 bits per heavy atom. The Labute approximate surface area is 234 Å². The minimum absolute atomic E-state index is 0.0849. The summed E-state index contributed by atoms with van der Waals surface area (Å²) in [6.45, 7) is 2.45. The Bertz CT molecular complexity index is 1190. The molecule has 3 atom stereocenters. The van der Waals surface area contributed by atoms with Gasteiger partial charge in [-0.05, 0) is 49.7 Å². The van der Waals surface area contributed by atoms with Gasteiger partial charge in [-0.25, -0.2) is 10.8 Å². The molecule has 2 aromatic rings. The summed E-state index contributed by atoms with van der Waals surface area (Å²) in [6, 6.07) is 6.69. The fourth-order valence-corrected chi connectivity index (χ4v) is 6.74. The van der Waals surface area contributed by atoms with Crippen molar-refractivity contribution in [3.8, 4) is 10.4 Å². The van der Waals surface area contributed by atoms with Crippen molar-refractivity contribution in [3.63, 3.8) is 0 Å². The number of likely N-dealkylation sites (tertiary alicyclic amines) is 1. The van der Waals surface area contributed by atoms with Crippen molar-refractivity contribution in [2.75, 3.05) is 6.54 Å². The molecule has 3 fully saturated rings. The molecule has 0 radical (unpaired) electrons. The van der Waals surface area contributed by atoms with Crippen LogP contribution in [0.15, 0.2) is 41.7 Å². The molecule has 0 spiro atoms. The number of aliphatic hydroxyl groups excluding tert-OH is 1. The van der Waals surface area contributed by atoms with Gasteiger partial charge in [0.15, 0.2) is 0 Å². The molecular formula is C29H40N6O3S. The summed E-state index contributed by atoms with van der Waals surface area (Å²) in [5, 5.41) is 15.0. The summed E-state index contributed by atoms with van der Waals surface area (Å²) in [7, 11) is 0. The van der Waals surface area contributed by atoms with Gasteiger partial charge in [-0.2, -0.15) is 0 Å². The van der Waals surface area contributed by atoms with E-state index >= 15 is 0 Å². The number of benzene rings is 1. The molecule has 0 bridgehead atoms. The normalized spacial score (nSPS) is 23.1. The SMILES string of the molecule is Cc1ncsc1-c1ccc(CNC(=O)C2CC(O)CN2C(=O)C(C2CCCCC2)N(N)/C=C(\N)C2CC2)cc1. The van der Waals surface area contributed by atoms with Crippen molar-refractivity contribution in [2.45, 2.75) is 83.0 Å². The standard InChI is InChI=1S/C29H40N6O3S/c1-18-27(39-17-33-18)22-9-7-19(8-10-22)14-32-28(37)25-13-23(36)15-34(25)29(38)26(21-5-3-2-4-6-21)35(31)16-24(30)20-11-12-20/h7-10,16-17,20-21,23,25-26,36H,2-6,11-15,30-31H2,1H3,(H,32,37)/b24-16-. The highest BCUT2D eigenvalue weighted by atomic mass is 32.1. The van der Waals surface area contributed by atoms with Crippen LogP contribution in [0.1, 0.15) is 62.6 Å². The van der Waals surface area contributed by atoms with E-state index in [9.17, 15) is 14.7 Å². The number of hydrazine groups is 1. The number of aryl methyl sites for hydroxylation is 1. The Hall–Kier alpha value is -2.95. The summed E-state index contributed by atoms with van der Waals surface area (Å²) < 4.78 is 0. The zero-order valence-electron chi connectivity index (χ0n) is 22.6. The molecule has 1 saturated heterocycles. The van der Waals surface area contributed by atoms with Gasteiger partial charge in [-0.15, -0.1) is 11.3 Å². The molecule has 6 N–H and O–H groups in total. The Morgan fingerprint density at radius 3 is 2.56 bits per heavy atom. The number of hydrogen-bond acceptors (Lipinski definition) is 8. The van der Waals surface area contributed by atoms with Crippen molar-refractivity contribution >= 4 is 23.2 Å². The molecular weight excluding hydrogens is 512 g/mol. The fourth-order valence-electron chi connectivity index (χ4n) is 5.93. The van der Waals surface area contributed by atoms with Gasteiger partial charge in [0, 0.05) is 37.3 Å². The number of β-amino-alcohol motifs (C(OH)–C–C–N with tert-alkyl or cyclic N) is 1. The van der Waals surface area contributed by atoms with Gasteiger partial charge in [0.25, 0.3) is 0 Å². The highest BCUT2D eigenvalue weighted by Crippen LogP contribution is 2.35. The molecule has 5 rings (SSSR count). The van der Waals surface area contributed by atoms with E-state index in [1.165, 1.54) is 9.91 Å². The third-order valence-corrected chi connectivity index (χ3v) is 9.29. The minimum Gasteiger partial charge on any atom is -0.401 e. The van der Waals surface area contributed by atoms with Crippen LogP contribution < -0.4 is 16.9 Å². The van der Waals surface area contributed by atoms with Crippen molar-refractivity contribution in [2.24, 2.45) is 23.4 Å². The Morgan fingerprint density at radius 2 is 1.92 bits per heavy atom. The predicted octanol–water partition coefficient (Wildman–Crippen LogP) is 3.03. The smallest absolute Gasteiger partial charge is 0.247 e. The van der Waals surface area contributed by atoms with Crippen LogP contribution in [0, 0.1) is 18.8 Å². The number of thiazole rings is 1. The molecule has 1 aliphatic heterocycles. The van der Waals surface area contributed by atoms with E-state index in [-0.39, 0.29) is 30.7 Å². The first kappa shape index (κ1) is 27.6. The lowest BCUT2D eigenvalue weighted by Crippen LogP contribution is -2.57. The maximum absolute atomic E-state index is 14.0. The monoisotopic (exact) mass is 552 g/mol. The van der Waals surface area contributed by atoms with Crippen LogP contribution in [0.2, 0.25) is 0 Å². The van der Waals surface area contributed by atoms with Crippen LogP contribution in [-0.2, 0) is 16.1 Å². The lowest BCUT2D eigenvalue weighted by molar-refractivity contribution is -0.144. The van der Waals surface area contributed by atoms with Crippen LogP contribution in [0.25, 0.3) is 10.4 Å². The zero-order valence-corrected chi connectivity index (χ0v) is 23.4. The average molecular weight is 553 g/mol. The van der Waals surface area contributed by atoms with Crippen LogP contribution in [-0.4, -0.2) is 56.5 Å². The van der Waals surface area contributed by atoms with Gasteiger partial charge in [0.05, 0.1) is 22.2 Å². The van der Waals surface area contributed by atoms with Crippen LogP contribution in [0.3, 0.4) is 0 Å². The summed E-state index contributed by atoms with van der Waals surface area (Å²) in [5.41, 5.74) is 11.8. The van der Waals surface area contributed by atoms with Gasteiger partial charge in [0.1, 0.15) is 12.1 Å². The number of aliphatic hydroxyl groups is 1. The number of nitrogens with two attached hydrogens (primary N) is 2. The molecule has 9 nitrogen and oxygen atoms in total. The van der Waals surface area contributed by atoms with E-state index < -0.39 is 18.2 Å². The molecule has 210 valence electrons. The third-order valence-electron chi connectivity index (χ3n) is 8.31. The van der Waals surface area contributed by atoms with Crippen LogP contribution >= 0.6 is 11.3 Å². The first-order chi connectivity index (χ1) is 18.8. The number of aromatic nitrogens is 1. The summed E-state index contributed by atoms with van der Waals surface area (Å²) in [4.78, 5) is 34.3. The van der Waals surface area contributed by atoms with Gasteiger partial charge in [0.2, 0.25) is 11.8 Å². The van der Waals surface area contributed by atoms with Gasteiger partial charge in [-0.3, -0.25) is 9.59 Å². The largest absolute Gasteiger partial charge is 0.401 e. The van der Waals surface area contributed by atoms with Crippen molar-refractivity contribution in [1.82, 2.24) is 20.2 Å². The first-order valence-corrected chi connectivity index (χ1v) is 15.0. The average Bonchev–Trinajstić information content (AvgIpc) is 3.59. The van der Waals surface area contributed by atoms with Crippen molar-refractivity contribution < 1.29 is 14.7 Å². The van der Waals surface area contributed by atoms with E-state index in [2.05, 4.69) is 10.3 Å². The van der Waals surface area contributed by atoms with E-state index in [4.69, 9.17) is 11.6 Å². The molecule has 1 aromatic carbocycles. The molecule has 39 heavy (non-hydrogen) atoms. The second-order valence-corrected chi connectivity index (χ2v) is 12.1. The molecule has 3 aliphatic rings. The maximum Gasteiger partial charge on any atom is 0.247 e. The van der Waals surface area contributed by atoms with E-state index in [0.717, 1.165) is 66.6 Å². The molecule has 10 heteroatoms. The number of amides is 2. The second-order valence-electron chi connectivity index (χ2n) is 11.3. The van der Waals surface area contributed by atoms with Gasteiger partial charge in [-0.1, -0.05) is 43.5 Å². The first-order valence-electron chi connectivity index (χ1n) is 14.1. The third kappa shape index (κ3) is 6.45. The summed E-state index contributed by atoms with van der Waals surface area (Å²) in [6.07, 6.45) is 8.35. The molecule has 3 unspecified atom stereocenters. The number of hydrogen-bond donors (Lipinski definition) is 4. The number of nitrogens with zero attached hydrogens (tertiary/aromatic N) is 3. The predicted molar refractivity (Wildman–Crippen MR) is 152 cm³/mol. The molecule has 2 aliphatic carbocycles. The van der Waals surface area contributed by atoms with Crippen LogP contribution in [0.5, 0.6) is 0 Å². The van der Waals surface area contributed by atoms with E-state index in [0.29, 0.717) is 18.2 Å².